The van der Waals surface area contributed by atoms with Gasteiger partial charge < -0.3 is 8.94 Å². The number of benzene rings is 1. The third-order valence-electron chi connectivity index (χ3n) is 4.19. The number of nitrogens with zero attached hydrogens (tertiary/aromatic N) is 2. The van der Waals surface area contributed by atoms with Crippen LogP contribution in [0.4, 0.5) is 0 Å². The zero-order valence-corrected chi connectivity index (χ0v) is 14.5. The third-order valence-corrected chi connectivity index (χ3v) is 4.19. The van der Waals surface area contributed by atoms with Gasteiger partial charge in [0.25, 0.3) is 0 Å². The van der Waals surface area contributed by atoms with E-state index in [-0.39, 0.29) is 0 Å². The summed E-state index contributed by atoms with van der Waals surface area (Å²) < 4.78 is 11.1. The van der Waals surface area contributed by atoms with Crippen molar-refractivity contribution in [2.24, 2.45) is 4.99 Å². The number of hydrogen-bond donors (Lipinski definition) is 0. The van der Waals surface area contributed by atoms with Gasteiger partial charge in [-0.15, -0.1) is 0 Å². The lowest BCUT2D eigenvalue weighted by Gasteiger charge is -2.14. The third kappa shape index (κ3) is 3.22. The molecule has 26 heavy (non-hydrogen) atoms. The fourth-order valence-corrected chi connectivity index (χ4v) is 2.87. The second kappa shape index (κ2) is 6.84. The van der Waals surface area contributed by atoms with Gasteiger partial charge in [0.05, 0.1) is 18.5 Å². The number of allylic oxidation sites excluding steroid dienone is 1. The Morgan fingerprint density at radius 3 is 2.62 bits per heavy atom. The zero-order chi connectivity index (χ0) is 17.9. The SMILES string of the molecule is C=Cc1coc(C2=NCC(=Cc3ccccc3)C(c3cc(C)no3)=C2)c1. The average molecular weight is 342 g/mol. The molecule has 0 spiro atoms. The van der Waals surface area contributed by atoms with Crippen LogP contribution in [0.15, 0.2) is 80.9 Å². The minimum atomic E-state index is 0.542. The van der Waals surface area contributed by atoms with Crippen molar-refractivity contribution < 1.29 is 8.94 Å². The van der Waals surface area contributed by atoms with Crippen LogP contribution >= 0.6 is 0 Å². The Balaban J connectivity index is 1.77. The maximum absolute atomic E-state index is 5.63. The number of dihydropyridines is 1. The van der Waals surface area contributed by atoms with E-state index in [0.717, 1.165) is 39.4 Å². The molecule has 0 fully saturated rings. The lowest BCUT2D eigenvalue weighted by Crippen LogP contribution is -2.08. The first kappa shape index (κ1) is 16.1. The molecule has 3 heterocycles. The van der Waals surface area contributed by atoms with Crippen molar-refractivity contribution in [2.45, 2.75) is 6.92 Å². The number of aliphatic imine (C=N–C) groups is 1. The molecule has 2 aromatic heterocycles. The van der Waals surface area contributed by atoms with Crippen LogP contribution in [0.1, 0.15) is 28.3 Å². The van der Waals surface area contributed by atoms with Crippen LogP contribution in [0.3, 0.4) is 0 Å². The number of furan rings is 1. The molecule has 0 N–H and O–H groups in total. The molecule has 4 rings (SSSR count). The van der Waals surface area contributed by atoms with Crippen molar-refractivity contribution in [2.75, 3.05) is 6.54 Å². The smallest absolute Gasteiger partial charge is 0.167 e. The van der Waals surface area contributed by atoms with Crippen molar-refractivity contribution in [1.29, 1.82) is 0 Å². The van der Waals surface area contributed by atoms with Gasteiger partial charge in [-0.25, -0.2) is 0 Å². The molecule has 4 heteroatoms. The van der Waals surface area contributed by atoms with Crippen LogP contribution in [-0.2, 0) is 0 Å². The van der Waals surface area contributed by atoms with Crippen LogP contribution in [-0.4, -0.2) is 17.4 Å². The molecule has 1 aromatic carbocycles. The topological polar surface area (TPSA) is 51.5 Å². The summed E-state index contributed by atoms with van der Waals surface area (Å²) in [5, 5.41) is 4.03. The number of rotatable bonds is 4. The van der Waals surface area contributed by atoms with E-state index in [1.165, 1.54) is 0 Å². The summed E-state index contributed by atoms with van der Waals surface area (Å²) in [6, 6.07) is 14.0. The Morgan fingerprint density at radius 2 is 1.92 bits per heavy atom. The molecule has 0 amide bonds. The number of aryl methyl sites for hydroxylation is 1. The Labute approximate surface area is 151 Å². The van der Waals surface area contributed by atoms with Crippen molar-refractivity contribution in [3.8, 4) is 0 Å². The van der Waals surface area contributed by atoms with Gasteiger partial charge >= 0.3 is 0 Å². The number of hydrogen-bond acceptors (Lipinski definition) is 4. The Kier molecular flexibility index (Phi) is 4.23. The summed E-state index contributed by atoms with van der Waals surface area (Å²) in [6.07, 6.45) is 7.54. The summed E-state index contributed by atoms with van der Waals surface area (Å²) >= 11 is 0. The summed E-state index contributed by atoms with van der Waals surface area (Å²) in [5.74, 6) is 1.44. The lowest BCUT2D eigenvalue weighted by atomic mass is 9.96. The minimum absolute atomic E-state index is 0.542. The molecule has 0 atom stereocenters. The standard InChI is InChI=1S/C22H18N2O2/c1-3-16-11-22(25-14-16)20-12-19(21-9-15(2)24-26-21)18(13-23-20)10-17-7-5-4-6-8-17/h3-12,14H,1,13H2,2H3. The molecule has 0 bridgehead atoms. The van der Waals surface area contributed by atoms with E-state index >= 15 is 0 Å². The predicted octanol–water partition coefficient (Wildman–Crippen LogP) is 5.19. The van der Waals surface area contributed by atoms with Gasteiger partial charge in [-0.1, -0.05) is 48.1 Å². The van der Waals surface area contributed by atoms with Gasteiger partial charge in [0.2, 0.25) is 0 Å². The monoisotopic (exact) mass is 342 g/mol. The maximum atomic E-state index is 5.63. The molecule has 0 saturated heterocycles. The highest BCUT2D eigenvalue weighted by Crippen LogP contribution is 2.30. The quantitative estimate of drug-likeness (QED) is 0.656. The van der Waals surface area contributed by atoms with Crippen molar-refractivity contribution >= 4 is 23.4 Å². The van der Waals surface area contributed by atoms with Gasteiger partial charge in [0, 0.05) is 17.2 Å². The molecule has 4 nitrogen and oxygen atoms in total. The first-order chi connectivity index (χ1) is 12.7. The molecule has 128 valence electrons. The summed E-state index contributed by atoms with van der Waals surface area (Å²) in [6.45, 7) is 6.22. The highest BCUT2D eigenvalue weighted by atomic mass is 16.5. The molecule has 1 aliphatic heterocycles. The predicted molar refractivity (Wildman–Crippen MR) is 104 cm³/mol. The molecule has 3 aromatic rings. The van der Waals surface area contributed by atoms with Crippen LogP contribution in [0.25, 0.3) is 17.7 Å². The fourth-order valence-electron chi connectivity index (χ4n) is 2.87. The van der Waals surface area contributed by atoms with E-state index in [4.69, 9.17) is 8.94 Å². The lowest BCUT2D eigenvalue weighted by molar-refractivity contribution is 0.406. The van der Waals surface area contributed by atoms with Gasteiger partial charge in [0.15, 0.2) is 11.5 Å². The van der Waals surface area contributed by atoms with E-state index < -0.39 is 0 Å². The molecule has 0 saturated carbocycles. The summed E-state index contributed by atoms with van der Waals surface area (Å²) in [5.41, 5.74) is 5.72. The van der Waals surface area contributed by atoms with E-state index in [9.17, 15) is 0 Å². The summed E-state index contributed by atoms with van der Waals surface area (Å²) in [4.78, 5) is 4.69. The highest BCUT2D eigenvalue weighted by Gasteiger charge is 2.20. The molecular weight excluding hydrogens is 324 g/mol. The van der Waals surface area contributed by atoms with Gasteiger partial charge in [-0.2, -0.15) is 0 Å². The van der Waals surface area contributed by atoms with Crippen LogP contribution < -0.4 is 0 Å². The Bertz CT molecular complexity index is 1030. The van der Waals surface area contributed by atoms with Gasteiger partial charge in [-0.3, -0.25) is 4.99 Å². The maximum Gasteiger partial charge on any atom is 0.167 e. The van der Waals surface area contributed by atoms with Crippen LogP contribution in [0.5, 0.6) is 0 Å². The van der Waals surface area contributed by atoms with E-state index in [2.05, 4.69) is 34.9 Å². The minimum Gasteiger partial charge on any atom is -0.462 e. The molecule has 1 aliphatic rings. The molecular formula is C22H18N2O2. The van der Waals surface area contributed by atoms with Gasteiger partial charge in [-0.05, 0) is 36.3 Å². The van der Waals surface area contributed by atoms with Crippen molar-refractivity contribution in [1.82, 2.24) is 5.16 Å². The normalized spacial score (nSPS) is 15.7. The highest BCUT2D eigenvalue weighted by molar-refractivity contribution is 6.14. The molecule has 0 aliphatic carbocycles. The Hall–Kier alpha value is -3.40. The summed E-state index contributed by atoms with van der Waals surface area (Å²) in [7, 11) is 0. The van der Waals surface area contributed by atoms with E-state index in [0.29, 0.717) is 12.3 Å². The average Bonchev–Trinajstić information content (AvgIpc) is 3.32. The second-order valence-electron chi connectivity index (χ2n) is 6.12. The second-order valence-corrected chi connectivity index (χ2v) is 6.12. The van der Waals surface area contributed by atoms with E-state index in [1.807, 2.05) is 43.3 Å². The fraction of sp³-hybridized carbons (Fsp3) is 0.0909. The van der Waals surface area contributed by atoms with Crippen molar-refractivity contribution in [3.63, 3.8) is 0 Å². The largest absolute Gasteiger partial charge is 0.462 e. The molecule has 0 unspecified atom stereocenters. The number of aromatic nitrogens is 1. The first-order valence-corrected chi connectivity index (χ1v) is 8.40. The van der Waals surface area contributed by atoms with Crippen LogP contribution in [0.2, 0.25) is 0 Å². The zero-order valence-electron chi connectivity index (χ0n) is 14.5. The van der Waals surface area contributed by atoms with Crippen LogP contribution in [0, 0.1) is 6.92 Å². The van der Waals surface area contributed by atoms with Crippen molar-refractivity contribution in [3.05, 3.63) is 95.3 Å². The van der Waals surface area contributed by atoms with E-state index in [1.54, 1.807) is 12.3 Å². The van der Waals surface area contributed by atoms with Gasteiger partial charge in [0.1, 0.15) is 5.71 Å². The first-order valence-electron chi connectivity index (χ1n) is 8.40. The Morgan fingerprint density at radius 1 is 1.08 bits per heavy atom. The molecule has 0 radical (unpaired) electrons.